The maximum atomic E-state index is 13.2. The first kappa shape index (κ1) is 32.0. The third kappa shape index (κ3) is 6.60. The van der Waals surface area contributed by atoms with Gasteiger partial charge in [-0.3, -0.25) is 9.00 Å². The fourth-order valence-corrected chi connectivity index (χ4v) is 7.05. The number of carbonyl (C=O) groups excluding carboxylic acids is 1. The van der Waals surface area contributed by atoms with Crippen molar-refractivity contribution in [3.8, 4) is 22.3 Å². The molecule has 0 fully saturated rings. The highest BCUT2D eigenvalue weighted by molar-refractivity contribution is 7.84. The molecule has 1 N–H and O–H groups in total. The Balaban J connectivity index is 1.24. The van der Waals surface area contributed by atoms with Crippen LogP contribution in [-0.4, -0.2) is 32.1 Å². The molecule has 1 unspecified atom stereocenters. The minimum atomic E-state index is -4.59. The molecule has 1 amide bonds. The normalized spacial score (nSPS) is 12.3. The van der Waals surface area contributed by atoms with Crippen molar-refractivity contribution in [2.75, 3.05) is 11.9 Å². The third-order valence-electron chi connectivity index (χ3n) is 8.42. The summed E-state index contributed by atoms with van der Waals surface area (Å²) in [6.07, 6.45) is -3.04. The number of halogens is 3. The van der Waals surface area contributed by atoms with Crippen LogP contribution in [0.3, 0.4) is 0 Å². The lowest BCUT2D eigenvalue weighted by Gasteiger charge is -2.18. The first-order chi connectivity index (χ1) is 23.7. The minimum absolute atomic E-state index is 0.0448. The van der Waals surface area contributed by atoms with Gasteiger partial charge in [-0.15, -0.1) is 0 Å². The highest BCUT2D eigenvalue weighted by atomic mass is 32.2. The van der Waals surface area contributed by atoms with Crippen LogP contribution in [0.4, 0.5) is 18.9 Å². The number of aromatic amines is 1. The quantitative estimate of drug-likeness (QED) is 0.175. The minimum Gasteiger partial charge on any atom is -0.339 e. The number of hydrogen-bond donors (Lipinski definition) is 1. The molecule has 10 heteroatoms. The molecule has 0 aliphatic heterocycles. The van der Waals surface area contributed by atoms with Crippen LogP contribution >= 0.6 is 0 Å². The van der Waals surface area contributed by atoms with E-state index in [0.717, 1.165) is 60.7 Å². The van der Waals surface area contributed by atoms with Crippen molar-refractivity contribution >= 4 is 44.3 Å². The van der Waals surface area contributed by atoms with E-state index in [1.807, 2.05) is 91.1 Å². The monoisotopic (exact) mass is 674 g/mol. The summed E-state index contributed by atoms with van der Waals surface area (Å²) in [5.41, 5.74) is 5.90. The molecule has 7 rings (SSSR count). The molecule has 3 aromatic heterocycles. The molecular formula is C39H29F3N4O2S. The van der Waals surface area contributed by atoms with Gasteiger partial charge in [0, 0.05) is 51.2 Å². The van der Waals surface area contributed by atoms with E-state index in [1.54, 1.807) is 19.2 Å². The smallest absolute Gasteiger partial charge is 0.339 e. The highest BCUT2D eigenvalue weighted by Gasteiger charge is 2.32. The number of fused-ring (bicyclic) bond motifs is 3. The number of nitrogens with zero attached hydrogens (tertiary/aromatic N) is 3. The van der Waals surface area contributed by atoms with Crippen molar-refractivity contribution in [2.45, 2.75) is 23.2 Å². The Hall–Kier alpha value is -5.61. The first-order valence-corrected chi connectivity index (χ1v) is 16.8. The Morgan fingerprint density at radius 1 is 0.837 bits per heavy atom. The predicted octanol–water partition coefficient (Wildman–Crippen LogP) is 8.98. The summed E-state index contributed by atoms with van der Waals surface area (Å²) in [5.74, 6) is -0.0202. The van der Waals surface area contributed by atoms with Gasteiger partial charge in [-0.2, -0.15) is 13.2 Å². The Morgan fingerprint density at radius 2 is 1.55 bits per heavy atom. The van der Waals surface area contributed by atoms with Gasteiger partial charge in [0.25, 0.3) is 0 Å². The summed E-state index contributed by atoms with van der Waals surface area (Å²) < 4.78 is 52.6. The number of hydrogen-bond acceptors (Lipinski definition) is 4. The van der Waals surface area contributed by atoms with Crippen molar-refractivity contribution < 1.29 is 22.2 Å². The van der Waals surface area contributed by atoms with Gasteiger partial charge in [-0.05, 0) is 65.2 Å². The topological polar surface area (TPSA) is 79.0 Å². The summed E-state index contributed by atoms with van der Waals surface area (Å²) in [5, 5.41) is 1.91. The zero-order valence-electron chi connectivity index (χ0n) is 26.2. The van der Waals surface area contributed by atoms with E-state index in [2.05, 4.69) is 16.0 Å². The molecule has 244 valence electrons. The van der Waals surface area contributed by atoms with E-state index < -0.39 is 28.6 Å². The molecule has 0 aliphatic carbocycles. The summed E-state index contributed by atoms with van der Waals surface area (Å²) >= 11 is 0. The molecule has 0 saturated heterocycles. The lowest BCUT2D eigenvalue weighted by molar-refractivity contribution is -0.141. The van der Waals surface area contributed by atoms with Crippen molar-refractivity contribution in [3.63, 3.8) is 0 Å². The molecule has 7 aromatic rings. The maximum Gasteiger partial charge on any atom is 0.433 e. The summed E-state index contributed by atoms with van der Waals surface area (Å²) in [6.45, 7) is 0. The number of benzene rings is 4. The van der Waals surface area contributed by atoms with Crippen LogP contribution in [0.25, 0.3) is 44.2 Å². The van der Waals surface area contributed by atoms with Crippen molar-refractivity contribution in [2.24, 2.45) is 0 Å². The van der Waals surface area contributed by atoms with Gasteiger partial charge in [0.2, 0.25) is 5.91 Å². The molecule has 0 saturated carbocycles. The number of pyridine rings is 2. The van der Waals surface area contributed by atoms with E-state index in [4.69, 9.17) is 4.98 Å². The number of amides is 1. The Labute approximate surface area is 282 Å². The summed E-state index contributed by atoms with van der Waals surface area (Å²) in [4.78, 5) is 27.1. The van der Waals surface area contributed by atoms with Gasteiger partial charge in [0.1, 0.15) is 11.3 Å². The second-order valence-corrected chi connectivity index (χ2v) is 13.1. The second kappa shape index (κ2) is 13.1. The second-order valence-electron chi connectivity index (χ2n) is 11.6. The van der Waals surface area contributed by atoms with Gasteiger partial charge in [0.05, 0.1) is 28.7 Å². The first-order valence-electron chi connectivity index (χ1n) is 15.5. The van der Waals surface area contributed by atoms with E-state index in [-0.39, 0.29) is 12.1 Å². The number of nitrogens with one attached hydrogen (secondary N) is 1. The summed E-state index contributed by atoms with van der Waals surface area (Å²) in [6, 6.07) is 36.5. The molecule has 0 bridgehead atoms. The molecular weight excluding hydrogens is 646 g/mol. The SMILES string of the molecule is CN(C(=O)Cc1cccc(C(F)(F)F)n1)c1ccc(-c2cnc3[nH]c4ccc(CS(=O)c5ccccc5)cc4c3c2-c2ccccc2)cc1. The number of carbonyl (C=O) groups is 1. The average Bonchev–Trinajstić information content (AvgIpc) is 3.49. The largest absolute Gasteiger partial charge is 0.433 e. The van der Waals surface area contributed by atoms with Gasteiger partial charge >= 0.3 is 6.18 Å². The van der Waals surface area contributed by atoms with Crippen molar-refractivity contribution in [1.82, 2.24) is 15.0 Å². The number of alkyl halides is 3. The van der Waals surface area contributed by atoms with Crippen LogP contribution in [0.15, 0.2) is 132 Å². The zero-order chi connectivity index (χ0) is 34.1. The molecule has 0 radical (unpaired) electrons. The number of likely N-dealkylation sites (N-methyl/N-ethyl adjacent to an activating group) is 1. The molecule has 1 atom stereocenters. The number of rotatable bonds is 8. The number of anilines is 1. The molecule has 0 spiro atoms. The van der Waals surface area contributed by atoms with Crippen LogP contribution in [-0.2, 0) is 33.9 Å². The Morgan fingerprint density at radius 3 is 2.27 bits per heavy atom. The van der Waals surface area contributed by atoms with Crippen molar-refractivity contribution in [1.29, 1.82) is 0 Å². The van der Waals surface area contributed by atoms with Crippen LogP contribution in [0.1, 0.15) is 17.0 Å². The number of aromatic nitrogens is 3. The van der Waals surface area contributed by atoms with Crippen LogP contribution in [0.5, 0.6) is 0 Å². The molecule has 3 heterocycles. The van der Waals surface area contributed by atoms with Crippen molar-refractivity contribution in [3.05, 3.63) is 144 Å². The predicted molar refractivity (Wildman–Crippen MR) is 187 cm³/mol. The molecule has 6 nitrogen and oxygen atoms in total. The lowest BCUT2D eigenvalue weighted by Crippen LogP contribution is -2.28. The zero-order valence-corrected chi connectivity index (χ0v) is 27.1. The van der Waals surface area contributed by atoms with E-state index in [1.165, 1.54) is 17.0 Å². The lowest BCUT2D eigenvalue weighted by atomic mass is 9.92. The van der Waals surface area contributed by atoms with Crippen LogP contribution in [0.2, 0.25) is 0 Å². The number of H-pyrrole nitrogens is 1. The third-order valence-corrected chi connectivity index (χ3v) is 9.81. The van der Waals surface area contributed by atoms with E-state index in [9.17, 15) is 22.2 Å². The average molecular weight is 675 g/mol. The van der Waals surface area contributed by atoms with Gasteiger partial charge in [-0.1, -0.05) is 72.8 Å². The Bertz CT molecular complexity index is 2320. The van der Waals surface area contributed by atoms with Gasteiger partial charge in [-0.25, -0.2) is 9.97 Å². The molecule has 4 aromatic carbocycles. The van der Waals surface area contributed by atoms with E-state index in [0.29, 0.717) is 11.4 Å². The van der Waals surface area contributed by atoms with Gasteiger partial charge in [0.15, 0.2) is 0 Å². The molecule has 0 aliphatic rings. The van der Waals surface area contributed by atoms with Crippen LogP contribution < -0.4 is 4.90 Å². The maximum absolute atomic E-state index is 13.2. The standard InChI is InChI=1S/C39H29F3N4O2S/c1-46(35(47)22-28-11-8-14-34(44-28)39(40,41)42)29-18-16-26(17-19-29)32-23-43-38-37(36(32)27-9-4-2-5-10-27)31-21-25(15-20-33(31)45-38)24-49(48)30-12-6-3-7-13-30/h2-21,23H,22,24H2,1H3,(H,43,45). The fourth-order valence-electron chi connectivity index (χ4n) is 5.94. The highest BCUT2D eigenvalue weighted by Crippen LogP contribution is 2.41. The van der Waals surface area contributed by atoms with Gasteiger partial charge < -0.3 is 9.88 Å². The molecule has 49 heavy (non-hydrogen) atoms. The van der Waals surface area contributed by atoms with Crippen LogP contribution in [0, 0.1) is 0 Å². The summed E-state index contributed by atoms with van der Waals surface area (Å²) in [7, 11) is 0.383. The Kier molecular flexibility index (Phi) is 8.56. The fraction of sp³-hybridized carbons (Fsp3) is 0.103. The van der Waals surface area contributed by atoms with E-state index >= 15 is 0 Å².